The summed E-state index contributed by atoms with van der Waals surface area (Å²) in [5.74, 6) is 0.192. The fourth-order valence-electron chi connectivity index (χ4n) is 2.90. The van der Waals surface area contributed by atoms with Gasteiger partial charge in [-0.3, -0.25) is 0 Å². The van der Waals surface area contributed by atoms with Crippen LogP contribution < -0.4 is 4.74 Å². The van der Waals surface area contributed by atoms with Crippen molar-refractivity contribution in [3.63, 3.8) is 0 Å². The zero-order chi connectivity index (χ0) is 20.9. The monoisotopic (exact) mass is 402 g/mol. The van der Waals surface area contributed by atoms with Crippen molar-refractivity contribution < 1.29 is 27.8 Å². The first kappa shape index (κ1) is 22.5. The van der Waals surface area contributed by atoms with E-state index >= 15 is 0 Å². The predicted molar refractivity (Wildman–Crippen MR) is 102 cm³/mol. The van der Waals surface area contributed by atoms with Crippen LogP contribution in [0.1, 0.15) is 37.3 Å². The summed E-state index contributed by atoms with van der Waals surface area (Å²) >= 11 is 0. The van der Waals surface area contributed by atoms with Gasteiger partial charge >= 0.3 is 6.18 Å². The topological polar surface area (TPSA) is 54.3 Å². The van der Waals surface area contributed by atoms with Gasteiger partial charge in [0.25, 0.3) is 0 Å². The van der Waals surface area contributed by atoms with E-state index in [-0.39, 0.29) is 23.8 Å². The minimum absolute atomic E-state index is 0.0797. The van der Waals surface area contributed by atoms with Gasteiger partial charge in [0.15, 0.2) is 0 Å². The zero-order valence-electron chi connectivity index (χ0n) is 16.8. The highest BCUT2D eigenvalue weighted by Crippen LogP contribution is 2.45. The number of hydrogen-bond acceptors (Lipinski definition) is 4. The Kier molecular flexibility index (Phi) is 7.33. The predicted octanol–water partition coefficient (Wildman–Crippen LogP) is 4.18. The van der Waals surface area contributed by atoms with Gasteiger partial charge < -0.3 is 19.5 Å². The van der Waals surface area contributed by atoms with E-state index in [4.69, 9.17) is 9.47 Å². The van der Waals surface area contributed by atoms with Crippen molar-refractivity contribution in [2.24, 2.45) is 10.9 Å². The molecule has 1 atom stereocenters. The Morgan fingerprint density at radius 1 is 1.32 bits per heavy atom. The molecule has 0 heterocycles. The highest BCUT2D eigenvalue weighted by molar-refractivity contribution is 5.65. The first-order valence-electron chi connectivity index (χ1n) is 9.42. The fraction of sp³-hybridized carbons (Fsp3) is 0.650. The third kappa shape index (κ3) is 4.97. The van der Waals surface area contributed by atoms with E-state index in [0.717, 1.165) is 25.8 Å². The number of benzene rings is 1. The SMILES string of the molecule is CCN(C)/C=N/c1cc(OC)c(C(O)(COCC2CCC2)C(F)(F)F)cc1C. The first-order valence-corrected chi connectivity index (χ1v) is 9.42. The van der Waals surface area contributed by atoms with Gasteiger partial charge in [-0.2, -0.15) is 13.2 Å². The Hall–Kier alpha value is -1.80. The Bertz CT molecular complexity index is 690. The van der Waals surface area contributed by atoms with Crippen LogP contribution >= 0.6 is 0 Å². The van der Waals surface area contributed by atoms with E-state index in [0.29, 0.717) is 11.3 Å². The van der Waals surface area contributed by atoms with E-state index in [1.807, 2.05) is 18.9 Å². The second-order valence-corrected chi connectivity index (χ2v) is 7.33. The molecule has 1 unspecified atom stereocenters. The van der Waals surface area contributed by atoms with Crippen LogP contribution in [-0.2, 0) is 10.3 Å². The molecule has 1 aliphatic rings. The molecule has 28 heavy (non-hydrogen) atoms. The average molecular weight is 402 g/mol. The lowest BCUT2D eigenvalue weighted by Gasteiger charge is -2.33. The van der Waals surface area contributed by atoms with Crippen LogP contribution in [0.15, 0.2) is 17.1 Å². The third-order valence-corrected chi connectivity index (χ3v) is 5.21. The summed E-state index contributed by atoms with van der Waals surface area (Å²) in [6.07, 6.45) is -0.351. The summed E-state index contributed by atoms with van der Waals surface area (Å²) in [5, 5.41) is 10.6. The molecule has 8 heteroatoms. The largest absolute Gasteiger partial charge is 0.496 e. The molecule has 1 N–H and O–H groups in total. The van der Waals surface area contributed by atoms with Crippen molar-refractivity contribution in [2.45, 2.75) is 44.9 Å². The summed E-state index contributed by atoms with van der Waals surface area (Å²) in [4.78, 5) is 6.13. The second kappa shape index (κ2) is 9.13. The molecule has 0 saturated heterocycles. The molecule has 1 aromatic rings. The van der Waals surface area contributed by atoms with E-state index in [2.05, 4.69) is 4.99 Å². The quantitative estimate of drug-likeness (QED) is 0.497. The number of aliphatic imine (C=N–C) groups is 1. The number of nitrogens with zero attached hydrogens (tertiary/aromatic N) is 2. The van der Waals surface area contributed by atoms with Crippen LogP contribution in [0.2, 0.25) is 0 Å². The van der Waals surface area contributed by atoms with Crippen molar-refractivity contribution >= 4 is 12.0 Å². The molecule has 0 radical (unpaired) electrons. The maximum atomic E-state index is 13.8. The molecule has 1 aromatic carbocycles. The number of aryl methyl sites for hydroxylation is 1. The Morgan fingerprint density at radius 3 is 2.50 bits per heavy atom. The maximum absolute atomic E-state index is 13.8. The Morgan fingerprint density at radius 2 is 2.00 bits per heavy atom. The van der Waals surface area contributed by atoms with Crippen LogP contribution in [0.4, 0.5) is 18.9 Å². The molecule has 0 bridgehead atoms. The molecule has 2 rings (SSSR count). The third-order valence-electron chi connectivity index (χ3n) is 5.21. The van der Waals surface area contributed by atoms with Gasteiger partial charge in [-0.25, -0.2) is 4.99 Å². The van der Waals surface area contributed by atoms with Crippen molar-refractivity contribution in [3.8, 4) is 5.75 Å². The molecule has 0 amide bonds. The number of alkyl halides is 3. The minimum atomic E-state index is -4.92. The number of halogens is 3. The van der Waals surface area contributed by atoms with Crippen LogP contribution in [0, 0.1) is 12.8 Å². The van der Waals surface area contributed by atoms with Crippen LogP contribution in [0.5, 0.6) is 5.75 Å². The summed E-state index contributed by atoms with van der Waals surface area (Å²) in [7, 11) is 3.11. The molecule has 0 spiro atoms. The van der Waals surface area contributed by atoms with Gasteiger partial charge in [0.2, 0.25) is 5.60 Å². The van der Waals surface area contributed by atoms with Crippen molar-refractivity contribution in [2.75, 3.05) is 33.9 Å². The van der Waals surface area contributed by atoms with Gasteiger partial charge in [0, 0.05) is 31.8 Å². The smallest absolute Gasteiger partial charge is 0.423 e. The highest BCUT2D eigenvalue weighted by atomic mass is 19.4. The maximum Gasteiger partial charge on any atom is 0.423 e. The first-order chi connectivity index (χ1) is 13.1. The molecule has 1 aliphatic carbocycles. The molecule has 1 saturated carbocycles. The molecular weight excluding hydrogens is 373 g/mol. The average Bonchev–Trinajstić information content (AvgIpc) is 2.60. The van der Waals surface area contributed by atoms with Crippen LogP contribution in [-0.4, -0.2) is 56.4 Å². The fourth-order valence-corrected chi connectivity index (χ4v) is 2.90. The summed E-state index contributed by atoms with van der Waals surface area (Å²) in [5.41, 5.74) is -2.55. The molecule has 0 aromatic heterocycles. The summed E-state index contributed by atoms with van der Waals surface area (Å²) in [6.45, 7) is 3.68. The standard InChI is InChI=1S/C20H29F3N2O3/c1-5-25(3)13-24-17-10-18(27-4)16(9-14(17)2)19(26,20(21,22)23)12-28-11-15-7-6-8-15/h9-10,13,15,26H,5-8,11-12H2,1-4H3/b24-13+. The lowest BCUT2D eigenvalue weighted by atomic mass is 9.86. The lowest BCUT2D eigenvalue weighted by Crippen LogP contribution is -2.47. The molecular formula is C20H29F3N2O3. The number of methoxy groups -OCH3 is 1. The second-order valence-electron chi connectivity index (χ2n) is 7.33. The lowest BCUT2D eigenvalue weighted by molar-refractivity contribution is -0.283. The van der Waals surface area contributed by atoms with Crippen LogP contribution in [0.3, 0.4) is 0 Å². The molecule has 5 nitrogen and oxygen atoms in total. The molecule has 0 aliphatic heterocycles. The van der Waals surface area contributed by atoms with Crippen LogP contribution in [0.25, 0.3) is 0 Å². The van der Waals surface area contributed by atoms with Gasteiger partial charge in [0.1, 0.15) is 5.75 Å². The van der Waals surface area contributed by atoms with E-state index in [9.17, 15) is 18.3 Å². The zero-order valence-corrected chi connectivity index (χ0v) is 16.8. The molecule has 1 fully saturated rings. The van der Waals surface area contributed by atoms with Gasteiger partial charge in [-0.15, -0.1) is 0 Å². The van der Waals surface area contributed by atoms with Gasteiger partial charge in [-0.1, -0.05) is 6.42 Å². The number of hydrogen-bond donors (Lipinski definition) is 1. The van der Waals surface area contributed by atoms with Gasteiger partial charge in [0.05, 0.1) is 25.7 Å². The van der Waals surface area contributed by atoms with Crippen molar-refractivity contribution in [3.05, 3.63) is 23.3 Å². The van der Waals surface area contributed by atoms with Crippen molar-refractivity contribution in [1.29, 1.82) is 0 Å². The summed E-state index contributed by atoms with van der Waals surface area (Å²) in [6, 6.07) is 2.69. The number of aliphatic hydroxyl groups is 1. The van der Waals surface area contributed by atoms with E-state index < -0.39 is 18.4 Å². The van der Waals surface area contributed by atoms with Gasteiger partial charge in [-0.05, 0) is 44.2 Å². The van der Waals surface area contributed by atoms with Crippen molar-refractivity contribution in [1.82, 2.24) is 4.90 Å². The number of ether oxygens (including phenoxy) is 2. The highest BCUT2D eigenvalue weighted by Gasteiger charge is 2.57. The van der Waals surface area contributed by atoms with E-state index in [1.54, 1.807) is 13.3 Å². The molecule has 158 valence electrons. The van der Waals surface area contributed by atoms with E-state index in [1.165, 1.54) is 19.2 Å². The Labute approximate surface area is 164 Å². The number of rotatable bonds is 9. The normalized spacial score (nSPS) is 17.4. The minimum Gasteiger partial charge on any atom is -0.496 e. The summed E-state index contributed by atoms with van der Waals surface area (Å²) < 4.78 is 52.0. The Balaban J connectivity index is 2.35.